The molecule has 1 aromatic rings. The molecule has 1 rings (SSSR count). The summed E-state index contributed by atoms with van der Waals surface area (Å²) in [5.41, 5.74) is 0.948. The van der Waals surface area contributed by atoms with Crippen molar-refractivity contribution < 1.29 is 14.7 Å². The Morgan fingerprint density at radius 3 is 2.48 bits per heavy atom. The molecule has 0 aliphatic rings. The van der Waals surface area contributed by atoms with E-state index >= 15 is 0 Å². The molecule has 0 bridgehead atoms. The van der Waals surface area contributed by atoms with Crippen molar-refractivity contribution in [1.82, 2.24) is 14.5 Å². The van der Waals surface area contributed by atoms with Crippen LogP contribution in [0.3, 0.4) is 0 Å². The summed E-state index contributed by atoms with van der Waals surface area (Å²) in [6, 6.07) is 0. The fraction of sp³-hybridized carbons (Fsp3) is 0.643. The van der Waals surface area contributed by atoms with E-state index in [-0.39, 0.29) is 24.1 Å². The maximum Gasteiger partial charge on any atom is 0.313 e. The van der Waals surface area contributed by atoms with Gasteiger partial charge in [0.15, 0.2) is 5.16 Å². The van der Waals surface area contributed by atoms with Crippen LogP contribution in [0.2, 0.25) is 0 Å². The average Bonchev–Trinajstić information content (AvgIpc) is 2.80. The number of carboxylic acid groups (broad SMARTS) is 1. The minimum Gasteiger partial charge on any atom is -0.481 e. The lowest BCUT2D eigenvalue weighted by Gasteiger charge is -2.21. The standard InChI is InChI=1S/C14H23N3O3S/c1-5-16(6-2)12(18)8-17-11(10(3)4)7-15-14(17)21-9-13(19)20/h7,10H,5-6,8-9H2,1-4H3,(H,19,20). The molecule has 21 heavy (non-hydrogen) atoms. The minimum absolute atomic E-state index is 0.0251. The lowest BCUT2D eigenvalue weighted by molar-refractivity contribution is -0.134. The zero-order valence-corrected chi connectivity index (χ0v) is 13.8. The average molecular weight is 313 g/mol. The van der Waals surface area contributed by atoms with E-state index < -0.39 is 5.97 Å². The van der Waals surface area contributed by atoms with Gasteiger partial charge in [0.05, 0.1) is 5.75 Å². The molecule has 0 spiro atoms. The molecule has 118 valence electrons. The molecular weight excluding hydrogens is 290 g/mol. The van der Waals surface area contributed by atoms with Crippen molar-refractivity contribution in [3.05, 3.63) is 11.9 Å². The van der Waals surface area contributed by atoms with Crippen LogP contribution >= 0.6 is 11.8 Å². The number of carbonyl (C=O) groups is 2. The van der Waals surface area contributed by atoms with Crippen molar-refractivity contribution in [3.8, 4) is 0 Å². The summed E-state index contributed by atoms with van der Waals surface area (Å²) < 4.78 is 1.83. The van der Waals surface area contributed by atoms with E-state index in [2.05, 4.69) is 4.98 Å². The molecule has 0 aliphatic carbocycles. The number of amides is 1. The molecule has 0 radical (unpaired) electrons. The first-order valence-corrected chi connectivity index (χ1v) is 8.06. The Morgan fingerprint density at radius 2 is 2.00 bits per heavy atom. The Labute approximate surface area is 129 Å². The maximum atomic E-state index is 12.3. The Kier molecular flexibility index (Phi) is 6.74. The maximum absolute atomic E-state index is 12.3. The van der Waals surface area contributed by atoms with Gasteiger partial charge in [0.25, 0.3) is 0 Å². The lowest BCUT2D eigenvalue weighted by Crippen LogP contribution is -2.34. The number of carboxylic acids is 1. The van der Waals surface area contributed by atoms with Crippen molar-refractivity contribution in [2.75, 3.05) is 18.8 Å². The van der Waals surface area contributed by atoms with Crippen LogP contribution < -0.4 is 0 Å². The molecule has 1 heterocycles. The van der Waals surface area contributed by atoms with Gasteiger partial charge in [-0.3, -0.25) is 9.59 Å². The largest absolute Gasteiger partial charge is 0.481 e. The third kappa shape index (κ3) is 4.77. The van der Waals surface area contributed by atoms with Crippen LogP contribution in [0.1, 0.15) is 39.3 Å². The number of aliphatic carboxylic acids is 1. The summed E-state index contributed by atoms with van der Waals surface area (Å²) >= 11 is 1.14. The quantitative estimate of drug-likeness (QED) is 0.743. The molecule has 0 saturated heterocycles. The minimum atomic E-state index is -0.893. The Morgan fingerprint density at radius 1 is 1.38 bits per heavy atom. The number of imidazole rings is 1. The van der Waals surface area contributed by atoms with Crippen LogP contribution in [-0.2, 0) is 16.1 Å². The van der Waals surface area contributed by atoms with Crippen LogP contribution in [0, 0.1) is 0 Å². The fourth-order valence-corrected chi connectivity index (χ4v) is 2.75. The first kappa shape index (κ1) is 17.6. The van der Waals surface area contributed by atoms with Crippen LogP contribution in [-0.4, -0.2) is 50.3 Å². The first-order chi connectivity index (χ1) is 9.90. The summed E-state index contributed by atoms with van der Waals surface area (Å²) in [5, 5.41) is 9.38. The molecule has 1 N–H and O–H groups in total. The SMILES string of the molecule is CCN(CC)C(=O)Cn1c(C(C)C)cnc1SCC(=O)O. The number of nitrogens with zero attached hydrogens (tertiary/aromatic N) is 3. The highest BCUT2D eigenvalue weighted by Crippen LogP contribution is 2.23. The lowest BCUT2D eigenvalue weighted by atomic mass is 10.1. The van der Waals surface area contributed by atoms with Gasteiger partial charge in [-0.2, -0.15) is 0 Å². The van der Waals surface area contributed by atoms with Crippen LogP contribution in [0.4, 0.5) is 0 Å². The Hall–Kier alpha value is -1.50. The monoisotopic (exact) mass is 313 g/mol. The molecule has 7 heteroatoms. The van der Waals surface area contributed by atoms with E-state index in [1.165, 1.54) is 0 Å². The molecule has 0 unspecified atom stereocenters. The molecule has 0 aromatic carbocycles. The Balaban J connectivity index is 2.97. The summed E-state index contributed by atoms with van der Waals surface area (Å²) in [4.78, 5) is 29.0. The number of hydrogen-bond acceptors (Lipinski definition) is 4. The molecule has 0 atom stereocenters. The van der Waals surface area contributed by atoms with E-state index in [9.17, 15) is 9.59 Å². The van der Waals surface area contributed by atoms with E-state index in [4.69, 9.17) is 5.11 Å². The van der Waals surface area contributed by atoms with Gasteiger partial charge in [-0.1, -0.05) is 25.6 Å². The second kappa shape index (κ2) is 8.07. The molecule has 1 amide bonds. The summed E-state index contributed by atoms with van der Waals surface area (Å²) in [7, 11) is 0. The fourth-order valence-electron chi connectivity index (χ4n) is 2.04. The van der Waals surface area contributed by atoms with Crippen LogP contribution in [0.15, 0.2) is 11.4 Å². The van der Waals surface area contributed by atoms with Crippen molar-refractivity contribution in [2.45, 2.75) is 45.3 Å². The molecule has 6 nitrogen and oxygen atoms in total. The number of hydrogen-bond donors (Lipinski definition) is 1. The van der Waals surface area contributed by atoms with E-state index in [0.29, 0.717) is 18.2 Å². The molecule has 0 aliphatic heterocycles. The van der Waals surface area contributed by atoms with Gasteiger partial charge in [0.1, 0.15) is 6.54 Å². The van der Waals surface area contributed by atoms with E-state index in [1.54, 1.807) is 11.1 Å². The van der Waals surface area contributed by atoms with Gasteiger partial charge in [-0.05, 0) is 19.8 Å². The number of aromatic nitrogens is 2. The molecule has 1 aromatic heterocycles. The number of carbonyl (C=O) groups excluding carboxylic acids is 1. The molecular formula is C14H23N3O3S. The van der Waals surface area contributed by atoms with Gasteiger partial charge in [-0.25, -0.2) is 4.98 Å². The van der Waals surface area contributed by atoms with Crippen LogP contribution in [0.5, 0.6) is 0 Å². The smallest absolute Gasteiger partial charge is 0.313 e. The zero-order chi connectivity index (χ0) is 16.0. The first-order valence-electron chi connectivity index (χ1n) is 7.08. The van der Waals surface area contributed by atoms with Crippen LogP contribution in [0.25, 0.3) is 0 Å². The normalized spacial score (nSPS) is 10.9. The third-order valence-corrected chi connectivity index (χ3v) is 4.15. The topological polar surface area (TPSA) is 75.4 Å². The number of rotatable bonds is 8. The van der Waals surface area contributed by atoms with Gasteiger partial charge in [0.2, 0.25) is 5.91 Å². The van der Waals surface area contributed by atoms with E-state index in [1.807, 2.05) is 32.3 Å². The zero-order valence-electron chi connectivity index (χ0n) is 13.0. The van der Waals surface area contributed by atoms with Gasteiger partial charge >= 0.3 is 5.97 Å². The van der Waals surface area contributed by atoms with E-state index in [0.717, 1.165) is 17.5 Å². The highest BCUT2D eigenvalue weighted by Gasteiger charge is 2.18. The Bertz CT molecular complexity index is 496. The summed E-state index contributed by atoms with van der Waals surface area (Å²) in [6.07, 6.45) is 1.73. The highest BCUT2D eigenvalue weighted by molar-refractivity contribution is 7.99. The highest BCUT2D eigenvalue weighted by atomic mass is 32.2. The predicted octanol–water partition coefficient (Wildman–Crippen LogP) is 2.05. The van der Waals surface area contributed by atoms with Crippen molar-refractivity contribution in [3.63, 3.8) is 0 Å². The van der Waals surface area contributed by atoms with Gasteiger partial charge in [0, 0.05) is 25.0 Å². The van der Waals surface area contributed by atoms with Crippen molar-refractivity contribution >= 4 is 23.6 Å². The number of likely N-dealkylation sites (N-methyl/N-ethyl adjacent to an activating group) is 1. The van der Waals surface area contributed by atoms with Crippen molar-refractivity contribution in [2.24, 2.45) is 0 Å². The predicted molar refractivity (Wildman–Crippen MR) is 82.6 cm³/mol. The molecule has 0 fully saturated rings. The number of thioether (sulfide) groups is 1. The third-order valence-electron chi connectivity index (χ3n) is 3.18. The van der Waals surface area contributed by atoms with Gasteiger partial charge < -0.3 is 14.6 Å². The van der Waals surface area contributed by atoms with Gasteiger partial charge in [-0.15, -0.1) is 0 Å². The summed E-state index contributed by atoms with van der Waals surface area (Å²) in [5.74, 6) is -0.706. The van der Waals surface area contributed by atoms with Crippen molar-refractivity contribution in [1.29, 1.82) is 0 Å². The second-order valence-corrected chi connectivity index (χ2v) is 5.90. The molecule has 0 saturated carbocycles. The summed E-state index contributed by atoms with van der Waals surface area (Å²) in [6.45, 7) is 9.48. The second-order valence-electron chi connectivity index (χ2n) is 4.95.